The number of hydrogen-bond acceptors (Lipinski definition) is 3. The average molecular weight is 231 g/mol. The maximum atomic E-state index is 11.1. The van der Waals surface area contributed by atoms with E-state index in [4.69, 9.17) is 0 Å². The Kier molecular flexibility index (Phi) is 1.79. The molecule has 0 bridgehead atoms. The lowest BCUT2D eigenvalue weighted by atomic mass is 9.86. The molecule has 0 aromatic rings. The van der Waals surface area contributed by atoms with Crippen LogP contribution in [0.15, 0.2) is 12.2 Å². The van der Waals surface area contributed by atoms with Crippen LogP contribution in [0.3, 0.4) is 0 Å². The van der Waals surface area contributed by atoms with E-state index < -0.39 is 5.97 Å². The Labute approximate surface area is 77.9 Å². The molecule has 0 radical (unpaired) electrons. The van der Waals surface area contributed by atoms with E-state index in [9.17, 15) is 9.59 Å². The average Bonchev–Trinajstić information content (AvgIpc) is 2.28. The highest BCUT2D eigenvalue weighted by atomic mass is 79.9. The van der Waals surface area contributed by atoms with Crippen molar-refractivity contribution in [2.24, 2.45) is 11.8 Å². The number of rotatable bonds is 0. The highest BCUT2D eigenvalue weighted by molar-refractivity contribution is 9.09. The lowest BCUT2D eigenvalue weighted by Gasteiger charge is -2.17. The summed E-state index contributed by atoms with van der Waals surface area (Å²) in [6.07, 6.45) is 4.30. The van der Waals surface area contributed by atoms with Gasteiger partial charge in [0.15, 0.2) is 0 Å². The second-order valence-corrected chi connectivity index (χ2v) is 4.19. The van der Waals surface area contributed by atoms with Crippen molar-refractivity contribution in [1.82, 2.24) is 0 Å². The smallest absolute Gasteiger partial charge is 0.321 e. The maximum Gasteiger partial charge on any atom is 0.321 e. The van der Waals surface area contributed by atoms with Gasteiger partial charge in [-0.2, -0.15) is 0 Å². The highest BCUT2D eigenvalue weighted by Crippen LogP contribution is 2.34. The summed E-state index contributed by atoms with van der Waals surface area (Å²) in [6.45, 7) is 0. The summed E-state index contributed by atoms with van der Waals surface area (Å²) in [5.74, 6) is -1.36. The first-order valence-electron chi connectivity index (χ1n) is 3.76. The number of hydrogen-bond donors (Lipinski definition) is 0. The predicted molar refractivity (Wildman–Crippen MR) is 44.6 cm³/mol. The standard InChI is InChI=1S/C8H7BrO3/c9-4-1-2-5-6(3-4)8(11)12-7(5)10/h1-2,4-6H,3H2. The van der Waals surface area contributed by atoms with Crippen molar-refractivity contribution in [2.75, 3.05) is 0 Å². The van der Waals surface area contributed by atoms with Crippen molar-refractivity contribution in [2.45, 2.75) is 11.2 Å². The summed E-state index contributed by atoms with van der Waals surface area (Å²) in [4.78, 5) is 22.3. The lowest BCUT2D eigenvalue weighted by molar-refractivity contribution is -0.153. The largest absolute Gasteiger partial charge is 0.392 e. The molecule has 0 aromatic heterocycles. The number of ether oxygens (including phenoxy) is 1. The third-order valence-electron chi connectivity index (χ3n) is 2.22. The molecule has 0 amide bonds. The number of allylic oxidation sites excluding steroid dienone is 1. The van der Waals surface area contributed by atoms with Gasteiger partial charge in [0.2, 0.25) is 0 Å². The zero-order valence-electron chi connectivity index (χ0n) is 6.20. The first-order chi connectivity index (χ1) is 5.68. The number of carbonyl (C=O) groups is 2. The predicted octanol–water partition coefficient (Wildman–Crippen LogP) is 1.03. The van der Waals surface area contributed by atoms with Gasteiger partial charge in [0, 0.05) is 4.83 Å². The van der Waals surface area contributed by atoms with Crippen LogP contribution in [-0.2, 0) is 14.3 Å². The molecule has 3 unspecified atom stereocenters. The normalized spacial score (nSPS) is 39.6. The Morgan fingerprint density at radius 1 is 1.33 bits per heavy atom. The fraction of sp³-hybridized carbons (Fsp3) is 0.500. The van der Waals surface area contributed by atoms with E-state index in [2.05, 4.69) is 20.7 Å². The van der Waals surface area contributed by atoms with Gasteiger partial charge in [-0.1, -0.05) is 28.1 Å². The van der Waals surface area contributed by atoms with Gasteiger partial charge in [-0.15, -0.1) is 0 Å². The molecular weight excluding hydrogens is 224 g/mol. The van der Waals surface area contributed by atoms with E-state index in [1.54, 1.807) is 6.08 Å². The first kappa shape index (κ1) is 7.98. The first-order valence-corrected chi connectivity index (χ1v) is 4.68. The highest BCUT2D eigenvalue weighted by Gasteiger charge is 2.44. The van der Waals surface area contributed by atoms with E-state index in [1.165, 1.54) is 0 Å². The molecule has 0 spiro atoms. The Hall–Kier alpha value is -0.640. The van der Waals surface area contributed by atoms with Crippen molar-refractivity contribution in [3.63, 3.8) is 0 Å². The van der Waals surface area contributed by atoms with Gasteiger partial charge >= 0.3 is 11.9 Å². The van der Waals surface area contributed by atoms with Crippen LogP contribution < -0.4 is 0 Å². The minimum Gasteiger partial charge on any atom is -0.392 e. The molecule has 64 valence electrons. The van der Waals surface area contributed by atoms with Crippen LogP contribution in [0.4, 0.5) is 0 Å². The van der Waals surface area contributed by atoms with Gasteiger partial charge < -0.3 is 4.74 Å². The van der Waals surface area contributed by atoms with Crippen LogP contribution in [0, 0.1) is 11.8 Å². The topological polar surface area (TPSA) is 43.4 Å². The van der Waals surface area contributed by atoms with Crippen molar-refractivity contribution in [3.8, 4) is 0 Å². The number of fused-ring (bicyclic) bond motifs is 1. The van der Waals surface area contributed by atoms with Gasteiger partial charge in [0.25, 0.3) is 0 Å². The number of halogens is 1. The van der Waals surface area contributed by atoms with E-state index in [-0.39, 0.29) is 22.6 Å². The molecule has 3 nitrogen and oxygen atoms in total. The number of alkyl halides is 1. The summed E-state index contributed by atoms with van der Waals surface area (Å²) in [5.41, 5.74) is 0. The maximum absolute atomic E-state index is 11.1. The molecule has 0 N–H and O–H groups in total. The number of esters is 2. The van der Waals surface area contributed by atoms with E-state index >= 15 is 0 Å². The van der Waals surface area contributed by atoms with Gasteiger partial charge in [-0.25, -0.2) is 0 Å². The summed E-state index contributed by atoms with van der Waals surface area (Å²) in [6, 6.07) is 0. The second-order valence-electron chi connectivity index (χ2n) is 3.01. The quantitative estimate of drug-likeness (QED) is 0.270. The molecule has 12 heavy (non-hydrogen) atoms. The van der Waals surface area contributed by atoms with Crippen molar-refractivity contribution < 1.29 is 14.3 Å². The molecule has 1 heterocycles. The molecule has 1 saturated heterocycles. The number of cyclic esters (lactones) is 2. The number of carbonyl (C=O) groups excluding carboxylic acids is 2. The van der Waals surface area contributed by atoms with Crippen molar-refractivity contribution in [1.29, 1.82) is 0 Å². The third-order valence-corrected chi connectivity index (χ3v) is 2.90. The molecule has 1 aliphatic carbocycles. The van der Waals surface area contributed by atoms with Gasteiger partial charge in [-0.3, -0.25) is 9.59 Å². The van der Waals surface area contributed by atoms with Crippen LogP contribution in [0.1, 0.15) is 6.42 Å². The molecule has 3 atom stereocenters. The van der Waals surface area contributed by atoms with Crippen LogP contribution in [-0.4, -0.2) is 16.8 Å². The van der Waals surface area contributed by atoms with Crippen LogP contribution in [0.5, 0.6) is 0 Å². The fourth-order valence-electron chi connectivity index (χ4n) is 1.57. The second kappa shape index (κ2) is 2.69. The monoisotopic (exact) mass is 230 g/mol. The zero-order valence-corrected chi connectivity index (χ0v) is 7.78. The minimum atomic E-state index is -0.402. The molecule has 0 saturated carbocycles. The van der Waals surface area contributed by atoms with E-state index in [0.29, 0.717) is 6.42 Å². The zero-order chi connectivity index (χ0) is 8.72. The van der Waals surface area contributed by atoms with Crippen LogP contribution in [0.25, 0.3) is 0 Å². The Morgan fingerprint density at radius 3 is 2.83 bits per heavy atom. The van der Waals surface area contributed by atoms with Crippen molar-refractivity contribution in [3.05, 3.63) is 12.2 Å². The summed E-state index contributed by atoms with van der Waals surface area (Å²) < 4.78 is 4.51. The molecular formula is C8H7BrO3. The summed E-state index contributed by atoms with van der Waals surface area (Å²) >= 11 is 3.37. The minimum absolute atomic E-state index is 0.192. The SMILES string of the molecule is O=C1OC(=O)C2CC(Br)C=CC12. The summed E-state index contributed by atoms with van der Waals surface area (Å²) in [7, 11) is 0. The van der Waals surface area contributed by atoms with Gasteiger partial charge in [0.1, 0.15) is 0 Å². The lowest BCUT2D eigenvalue weighted by Crippen LogP contribution is -2.22. The summed E-state index contributed by atoms with van der Waals surface area (Å²) in [5, 5.41) is 0. The van der Waals surface area contributed by atoms with Crippen molar-refractivity contribution >= 4 is 27.9 Å². The molecule has 1 fully saturated rings. The molecule has 4 heteroatoms. The van der Waals surface area contributed by atoms with Crippen LogP contribution >= 0.6 is 15.9 Å². The van der Waals surface area contributed by atoms with E-state index in [0.717, 1.165) is 0 Å². The van der Waals surface area contributed by atoms with Crippen LogP contribution in [0.2, 0.25) is 0 Å². The fourth-order valence-corrected chi connectivity index (χ4v) is 2.15. The Bertz CT molecular complexity index is 271. The molecule has 2 rings (SSSR count). The Balaban J connectivity index is 2.29. The molecule has 2 aliphatic rings. The van der Waals surface area contributed by atoms with E-state index in [1.807, 2.05) is 6.08 Å². The van der Waals surface area contributed by atoms with Gasteiger partial charge in [-0.05, 0) is 6.42 Å². The molecule has 1 aliphatic heterocycles. The van der Waals surface area contributed by atoms with Gasteiger partial charge in [0.05, 0.1) is 11.8 Å². The Morgan fingerprint density at radius 2 is 2.08 bits per heavy atom. The third kappa shape index (κ3) is 1.10. The molecule has 0 aromatic carbocycles.